The molecule has 122 valence electrons. The fourth-order valence-corrected chi connectivity index (χ4v) is 2.19. The molecule has 0 aromatic heterocycles. The minimum Gasteiger partial charge on any atom is -0.300 e. The molecule has 1 nitrogen and oxygen atoms in total. The van der Waals surface area contributed by atoms with Crippen molar-refractivity contribution in [3.05, 3.63) is 35.5 Å². The number of allylic oxidation sites excluding steroid dienone is 5. The second kappa shape index (κ2) is 12.9. The maximum Gasteiger partial charge on any atom is 0.0168 e. The van der Waals surface area contributed by atoms with Crippen LogP contribution in [0.4, 0.5) is 0 Å². The van der Waals surface area contributed by atoms with Crippen LogP contribution in [0.5, 0.6) is 0 Å². The van der Waals surface area contributed by atoms with Crippen LogP contribution >= 0.6 is 0 Å². The predicted molar refractivity (Wildman–Crippen MR) is 97.7 cm³/mol. The first-order chi connectivity index (χ1) is 10.0. The van der Waals surface area contributed by atoms with Crippen molar-refractivity contribution < 1.29 is 0 Å². The van der Waals surface area contributed by atoms with Gasteiger partial charge in [0.05, 0.1) is 0 Å². The third kappa shape index (κ3) is 11.5. The number of likely N-dealkylation sites (N-methyl/N-ethyl adjacent to an activating group) is 1. The van der Waals surface area contributed by atoms with E-state index in [1.54, 1.807) is 0 Å². The summed E-state index contributed by atoms with van der Waals surface area (Å²) in [5.41, 5.74) is 2.91. The Balaban J connectivity index is 3.99. The summed E-state index contributed by atoms with van der Waals surface area (Å²) in [4.78, 5) is 2.43. The summed E-state index contributed by atoms with van der Waals surface area (Å²) in [5.74, 6) is 0.776. The zero-order valence-electron chi connectivity index (χ0n) is 15.3. The van der Waals surface area contributed by atoms with E-state index in [2.05, 4.69) is 70.7 Å². The van der Waals surface area contributed by atoms with E-state index >= 15 is 0 Å². The molecular weight excluding hydrogens is 254 g/mol. The largest absolute Gasteiger partial charge is 0.300 e. The summed E-state index contributed by atoms with van der Waals surface area (Å²) < 4.78 is 0. The lowest BCUT2D eigenvalue weighted by Crippen LogP contribution is -2.22. The van der Waals surface area contributed by atoms with Crippen LogP contribution in [-0.2, 0) is 0 Å². The van der Waals surface area contributed by atoms with E-state index < -0.39 is 0 Å². The van der Waals surface area contributed by atoms with Crippen LogP contribution in [0.3, 0.4) is 0 Å². The fraction of sp³-hybridized carbons (Fsp3) is 0.700. The molecule has 0 fully saturated rings. The Hall–Kier alpha value is -0.820. The third-order valence-electron chi connectivity index (χ3n) is 4.20. The van der Waals surface area contributed by atoms with Gasteiger partial charge in [-0.1, -0.05) is 63.1 Å². The van der Waals surface area contributed by atoms with E-state index in [0.717, 1.165) is 25.6 Å². The Morgan fingerprint density at radius 3 is 2.29 bits per heavy atom. The molecule has 1 unspecified atom stereocenters. The molecule has 0 saturated heterocycles. The average molecular weight is 292 g/mol. The minimum absolute atomic E-state index is 0.776. The summed E-state index contributed by atoms with van der Waals surface area (Å²) in [5, 5.41) is 0. The van der Waals surface area contributed by atoms with Crippen LogP contribution in [0.2, 0.25) is 0 Å². The Morgan fingerprint density at radius 2 is 1.71 bits per heavy atom. The SMILES string of the molecule is CCC(C)=CCCC(C)CC=CC(C)=CCN(CC)CC. The van der Waals surface area contributed by atoms with Gasteiger partial charge in [-0.15, -0.1) is 0 Å². The van der Waals surface area contributed by atoms with Gasteiger partial charge in [-0.2, -0.15) is 0 Å². The van der Waals surface area contributed by atoms with Crippen molar-refractivity contribution in [1.82, 2.24) is 4.90 Å². The highest BCUT2D eigenvalue weighted by atomic mass is 15.1. The molecule has 0 aliphatic rings. The molecule has 0 rings (SSSR count). The maximum atomic E-state index is 2.43. The minimum atomic E-state index is 0.776. The van der Waals surface area contributed by atoms with Gasteiger partial charge >= 0.3 is 0 Å². The summed E-state index contributed by atoms with van der Waals surface area (Å²) in [6.07, 6.45) is 14.3. The highest BCUT2D eigenvalue weighted by molar-refractivity contribution is 5.16. The Morgan fingerprint density at radius 1 is 1.05 bits per heavy atom. The molecule has 0 spiro atoms. The van der Waals surface area contributed by atoms with Gasteiger partial charge in [-0.25, -0.2) is 0 Å². The molecule has 0 aromatic rings. The van der Waals surface area contributed by atoms with Gasteiger partial charge in [-0.3, -0.25) is 0 Å². The van der Waals surface area contributed by atoms with Gasteiger partial charge in [0.15, 0.2) is 0 Å². The lowest BCUT2D eigenvalue weighted by molar-refractivity contribution is 0.337. The monoisotopic (exact) mass is 291 g/mol. The standard InChI is InChI=1S/C20H37N/c1-7-18(4)12-10-13-19(5)14-11-15-20(6)16-17-21(8-2)9-3/h11-12,15-16,19H,7-10,13-14,17H2,1-6H3. The summed E-state index contributed by atoms with van der Waals surface area (Å²) in [6, 6.07) is 0. The zero-order chi connectivity index (χ0) is 16.1. The highest BCUT2D eigenvalue weighted by Gasteiger charge is 1.98. The first-order valence-electron chi connectivity index (χ1n) is 8.74. The lowest BCUT2D eigenvalue weighted by Gasteiger charge is -2.15. The molecule has 21 heavy (non-hydrogen) atoms. The number of nitrogens with zero attached hydrogens (tertiary/aromatic N) is 1. The highest BCUT2D eigenvalue weighted by Crippen LogP contribution is 2.13. The lowest BCUT2D eigenvalue weighted by atomic mass is 10.00. The number of rotatable bonds is 11. The molecule has 0 heterocycles. The van der Waals surface area contributed by atoms with Crippen LogP contribution in [0.25, 0.3) is 0 Å². The molecule has 0 N–H and O–H groups in total. The summed E-state index contributed by atoms with van der Waals surface area (Å²) in [7, 11) is 0. The predicted octanol–water partition coefficient (Wildman–Crippen LogP) is 5.99. The Bertz CT molecular complexity index is 332. The van der Waals surface area contributed by atoms with Gasteiger partial charge < -0.3 is 4.90 Å². The maximum absolute atomic E-state index is 2.43. The van der Waals surface area contributed by atoms with E-state index in [1.807, 2.05) is 0 Å². The Labute approximate surface area is 133 Å². The average Bonchev–Trinajstić information content (AvgIpc) is 2.48. The van der Waals surface area contributed by atoms with E-state index in [9.17, 15) is 0 Å². The van der Waals surface area contributed by atoms with Gasteiger partial charge in [0, 0.05) is 6.54 Å². The second-order valence-corrected chi connectivity index (χ2v) is 6.16. The first kappa shape index (κ1) is 20.2. The molecule has 0 aromatic carbocycles. The van der Waals surface area contributed by atoms with Crippen LogP contribution in [0, 0.1) is 5.92 Å². The van der Waals surface area contributed by atoms with Crippen molar-refractivity contribution in [2.45, 2.75) is 67.2 Å². The van der Waals surface area contributed by atoms with Crippen LogP contribution in [-0.4, -0.2) is 24.5 Å². The van der Waals surface area contributed by atoms with Crippen molar-refractivity contribution in [1.29, 1.82) is 0 Å². The molecule has 0 radical (unpaired) electrons. The van der Waals surface area contributed by atoms with Crippen LogP contribution in [0.15, 0.2) is 35.5 Å². The normalized spacial score (nSPS) is 15.2. The van der Waals surface area contributed by atoms with Crippen molar-refractivity contribution in [3.8, 4) is 0 Å². The van der Waals surface area contributed by atoms with Gasteiger partial charge in [0.25, 0.3) is 0 Å². The molecule has 0 amide bonds. The molecular formula is C20H37N. The third-order valence-corrected chi connectivity index (χ3v) is 4.20. The molecule has 0 saturated carbocycles. The molecule has 0 aliphatic carbocycles. The fourth-order valence-electron chi connectivity index (χ4n) is 2.19. The molecule has 0 bridgehead atoms. The summed E-state index contributed by atoms with van der Waals surface area (Å²) >= 11 is 0. The van der Waals surface area contributed by atoms with Gasteiger partial charge in [0.1, 0.15) is 0 Å². The van der Waals surface area contributed by atoms with Gasteiger partial charge in [-0.05, 0) is 58.5 Å². The van der Waals surface area contributed by atoms with E-state index in [0.29, 0.717) is 0 Å². The smallest absolute Gasteiger partial charge is 0.0168 e. The van der Waals surface area contributed by atoms with E-state index in [-0.39, 0.29) is 0 Å². The molecule has 1 atom stereocenters. The van der Waals surface area contributed by atoms with E-state index in [4.69, 9.17) is 0 Å². The van der Waals surface area contributed by atoms with Crippen LogP contribution in [0.1, 0.15) is 67.2 Å². The van der Waals surface area contributed by atoms with Crippen molar-refractivity contribution in [3.63, 3.8) is 0 Å². The van der Waals surface area contributed by atoms with Crippen molar-refractivity contribution >= 4 is 0 Å². The topological polar surface area (TPSA) is 3.24 Å². The second-order valence-electron chi connectivity index (χ2n) is 6.16. The Kier molecular flexibility index (Phi) is 12.4. The van der Waals surface area contributed by atoms with Gasteiger partial charge in [0.2, 0.25) is 0 Å². The molecule has 1 heteroatoms. The number of hydrogen-bond donors (Lipinski definition) is 0. The van der Waals surface area contributed by atoms with E-state index in [1.165, 1.54) is 36.8 Å². The quantitative estimate of drug-likeness (QED) is 0.333. The van der Waals surface area contributed by atoms with Crippen LogP contribution < -0.4 is 0 Å². The zero-order valence-corrected chi connectivity index (χ0v) is 15.3. The first-order valence-corrected chi connectivity index (χ1v) is 8.74. The van der Waals surface area contributed by atoms with Crippen molar-refractivity contribution in [2.24, 2.45) is 5.92 Å². The number of hydrogen-bond acceptors (Lipinski definition) is 1. The molecule has 0 aliphatic heterocycles. The van der Waals surface area contributed by atoms with Crippen molar-refractivity contribution in [2.75, 3.05) is 19.6 Å². The summed E-state index contributed by atoms with van der Waals surface area (Å²) in [6.45, 7) is 16.8.